The van der Waals surface area contributed by atoms with Gasteiger partial charge < -0.3 is 51.0 Å². The van der Waals surface area contributed by atoms with E-state index in [1.807, 2.05) is 12.1 Å². The first kappa shape index (κ1) is 54.4. The maximum Gasteiger partial charge on any atom is 2.00 e. The summed E-state index contributed by atoms with van der Waals surface area (Å²) in [5.41, 5.74) is 5.21. The summed E-state index contributed by atoms with van der Waals surface area (Å²) in [5, 5.41) is 16.4. The van der Waals surface area contributed by atoms with Gasteiger partial charge in [0, 0.05) is 44.7 Å². The van der Waals surface area contributed by atoms with Gasteiger partial charge in [-0.1, -0.05) is 154 Å². The fourth-order valence-corrected chi connectivity index (χ4v) is 4.47. The monoisotopic (exact) mass is 738 g/mol. The summed E-state index contributed by atoms with van der Waals surface area (Å²) in [5.74, 6) is 0. The number of hydrogen-bond acceptors (Lipinski definition) is 2. The van der Waals surface area contributed by atoms with Gasteiger partial charge in [-0.15, -0.1) is 12.1 Å². The van der Waals surface area contributed by atoms with Crippen molar-refractivity contribution in [3.63, 3.8) is 0 Å². The zero-order valence-corrected chi connectivity index (χ0v) is 35.9. The summed E-state index contributed by atoms with van der Waals surface area (Å²) >= 11 is 0. The predicted octanol–water partition coefficient (Wildman–Crippen LogP) is 11.4. The molecule has 4 atom stereocenters. The molecule has 0 bridgehead atoms. The molecule has 4 aromatic rings. The summed E-state index contributed by atoms with van der Waals surface area (Å²) < 4.78 is 0. The van der Waals surface area contributed by atoms with Gasteiger partial charge in [-0.2, -0.15) is 13.1 Å². The van der Waals surface area contributed by atoms with Crippen LogP contribution in [0.4, 0.5) is 0 Å². The van der Waals surface area contributed by atoms with E-state index in [-0.39, 0.29) is 88.2 Å². The molecule has 0 amide bonds. The van der Waals surface area contributed by atoms with Crippen LogP contribution in [-0.2, 0) is 39.0 Å². The maximum absolute atomic E-state index is 4.67. The molecule has 0 fully saturated rings. The van der Waals surface area contributed by atoms with Crippen molar-refractivity contribution >= 4 is 0 Å². The Bertz CT molecular complexity index is 975. The zero-order chi connectivity index (χ0) is 28.4. The van der Waals surface area contributed by atoms with Crippen molar-refractivity contribution < 1.29 is 39.0 Å². The molecule has 6 heteroatoms. The molecule has 0 aliphatic carbocycles. The van der Waals surface area contributed by atoms with Crippen molar-refractivity contribution in [3.05, 3.63) is 184 Å². The van der Waals surface area contributed by atoms with Crippen molar-refractivity contribution in [2.75, 3.05) is 26.2 Å². The van der Waals surface area contributed by atoms with Crippen LogP contribution in [0.25, 0.3) is 10.6 Å². The molecule has 254 valence electrons. The number of hydrogen-bond donors (Lipinski definition) is 2. The van der Waals surface area contributed by atoms with E-state index in [0.29, 0.717) is 12.1 Å². The molecule has 0 saturated carbocycles. The molecule has 4 rings (SSSR count). The fourth-order valence-electron chi connectivity index (χ4n) is 4.47. The van der Waals surface area contributed by atoms with Gasteiger partial charge in [-0.25, -0.2) is 0 Å². The molecule has 0 aliphatic heterocycles. The van der Waals surface area contributed by atoms with E-state index in [1.54, 1.807) is 0 Å². The Kier molecular flexibility index (Phi) is 37.6. The predicted molar refractivity (Wildman–Crippen MR) is 204 cm³/mol. The molecular formula is C41H62N4Zn2-4. The van der Waals surface area contributed by atoms with Crippen LogP contribution >= 0.6 is 0 Å². The number of rotatable bonds is 14. The average molecular weight is 742 g/mol. The van der Waals surface area contributed by atoms with Gasteiger partial charge in [-0.05, 0) is 25.0 Å². The van der Waals surface area contributed by atoms with Crippen molar-refractivity contribution in [2.24, 2.45) is 0 Å². The molecule has 4 aromatic carbocycles. The average Bonchev–Trinajstić information content (AvgIpc) is 3.03. The second-order valence-corrected chi connectivity index (χ2v) is 10.2. The Morgan fingerprint density at radius 3 is 0.936 bits per heavy atom. The van der Waals surface area contributed by atoms with E-state index in [9.17, 15) is 0 Å². The quantitative estimate of drug-likeness (QED) is 0.0768. The molecule has 2 N–H and O–H groups in total. The first-order valence-electron chi connectivity index (χ1n) is 14.5. The van der Waals surface area contributed by atoms with Crippen LogP contribution in [-0.4, -0.2) is 26.2 Å². The second-order valence-electron chi connectivity index (χ2n) is 10.2. The van der Waals surface area contributed by atoms with E-state index in [1.165, 1.54) is 22.3 Å². The Morgan fingerprint density at radius 2 is 0.681 bits per heavy atom. The van der Waals surface area contributed by atoms with E-state index in [4.69, 9.17) is 0 Å². The number of nitrogens with one attached hydrogen (secondary N) is 2. The van der Waals surface area contributed by atoms with E-state index in [0.717, 1.165) is 26.2 Å². The first-order valence-corrected chi connectivity index (χ1v) is 14.5. The van der Waals surface area contributed by atoms with Crippen molar-refractivity contribution in [3.8, 4) is 0 Å². The molecule has 0 aromatic heterocycles. The largest absolute Gasteiger partial charge is 2.00 e. The van der Waals surface area contributed by atoms with Crippen molar-refractivity contribution in [1.29, 1.82) is 0 Å². The Labute approximate surface area is 317 Å². The molecule has 0 spiro atoms. The molecule has 0 heterocycles. The topological polar surface area (TPSA) is 52.3 Å². The van der Waals surface area contributed by atoms with Crippen molar-refractivity contribution in [2.45, 2.75) is 59.3 Å². The third kappa shape index (κ3) is 21.5. The van der Waals surface area contributed by atoms with Crippen LogP contribution in [0.5, 0.6) is 0 Å². The zero-order valence-electron chi connectivity index (χ0n) is 30.0. The number of benzene rings is 4. The smallest absolute Gasteiger partial charge is 0.657 e. The van der Waals surface area contributed by atoms with Gasteiger partial charge in [-0.3, -0.25) is 0 Å². The normalized spacial score (nSPS) is 11.8. The Balaban J connectivity index is -0.000000218. The molecule has 0 aliphatic rings. The van der Waals surface area contributed by atoms with Gasteiger partial charge in [0.1, 0.15) is 0 Å². The van der Waals surface area contributed by atoms with Crippen molar-refractivity contribution in [1.82, 2.24) is 10.6 Å². The Hall–Kier alpha value is -2.03. The van der Waals surface area contributed by atoms with Crippen LogP contribution in [0, 0.1) is 29.7 Å². The van der Waals surface area contributed by atoms with Crippen LogP contribution in [0.3, 0.4) is 0 Å². The second kappa shape index (κ2) is 32.5. The Morgan fingerprint density at radius 1 is 0.447 bits per heavy atom. The summed E-state index contributed by atoms with van der Waals surface area (Å²) in [7, 11) is 0. The minimum Gasteiger partial charge on any atom is -0.657 e. The molecule has 0 unspecified atom stereocenters. The van der Waals surface area contributed by atoms with Crippen LogP contribution < -0.4 is 10.6 Å². The summed E-state index contributed by atoms with van der Waals surface area (Å²) in [6.45, 7) is 12.2. The minimum absolute atomic E-state index is 0. The number of nitrogens with zero attached hydrogens (tertiary/aromatic N) is 2. The molecular weight excluding hydrogens is 679 g/mol. The van der Waals surface area contributed by atoms with Crippen LogP contribution in [0.1, 0.15) is 81.5 Å². The van der Waals surface area contributed by atoms with Gasteiger partial charge in [0.05, 0.1) is 0 Å². The van der Waals surface area contributed by atoms with Gasteiger partial charge in [0.25, 0.3) is 0 Å². The van der Waals surface area contributed by atoms with E-state index in [2.05, 4.69) is 158 Å². The van der Waals surface area contributed by atoms with E-state index < -0.39 is 0 Å². The van der Waals surface area contributed by atoms with Gasteiger partial charge >= 0.3 is 19.5 Å². The van der Waals surface area contributed by atoms with Crippen LogP contribution in [0.2, 0.25) is 0 Å². The maximum atomic E-state index is 4.67. The third-order valence-corrected chi connectivity index (χ3v) is 7.10. The SMILES string of the molecule is C.C[C@@H](NCCN[C@H](C)c1ccccc1)c1ccccc1.C[C@H]([N-]CC[N-][C@H](C)c1ccccc1)c1ccccc1.[CH3-].[CH3-].[CH3-].[CH3-].[Zn+2].[Zn]. The summed E-state index contributed by atoms with van der Waals surface area (Å²) in [4.78, 5) is 0. The van der Waals surface area contributed by atoms with Crippen LogP contribution in [0.15, 0.2) is 121 Å². The summed E-state index contributed by atoms with van der Waals surface area (Å²) in [6, 6.07) is 43.2. The fraction of sp³-hybridized carbons (Fsp3) is 0.317. The molecule has 0 saturated heterocycles. The van der Waals surface area contributed by atoms with Gasteiger partial charge in [0.2, 0.25) is 0 Å². The van der Waals surface area contributed by atoms with E-state index >= 15 is 0 Å². The summed E-state index contributed by atoms with van der Waals surface area (Å²) in [6.07, 6.45) is 0. The third-order valence-electron chi connectivity index (χ3n) is 7.10. The first-order chi connectivity index (χ1) is 19.5. The minimum atomic E-state index is 0. The van der Waals surface area contributed by atoms with Gasteiger partial charge in [0.15, 0.2) is 0 Å². The molecule has 4 nitrogen and oxygen atoms in total. The standard InChI is InChI=1S/C18H24N2.C18H22N2.CH4.4CH3.2Zn/c2*1-15(17-9-5-3-6-10-17)19-13-14-20-16(2)18-11-7-4-8-12-18;;;;;;;/h3-12,15-16,19-20H,13-14H2,1-2H3;3-12,15-16H,13-14H2,1-2H3;1H4;4*1H3;;/q;-2;;4*-1;;+2/t15-,16-;15-,16+;;;;;;;/m1......../s1. The molecule has 47 heavy (non-hydrogen) atoms. The molecule has 0 radical (unpaired) electrons.